The molecule has 2 N–H and O–H groups in total. The molecule has 0 saturated heterocycles. The Bertz CT molecular complexity index is 1430. The zero-order valence-corrected chi connectivity index (χ0v) is 26.2. The average molecular weight is 609 g/mol. The lowest BCUT2D eigenvalue weighted by Gasteiger charge is -2.28. The van der Waals surface area contributed by atoms with Crippen LogP contribution in [0.25, 0.3) is 5.69 Å². The fourth-order valence-corrected chi connectivity index (χ4v) is 6.07. The number of hydrogen-bond acceptors (Lipinski definition) is 7. The molecule has 1 fully saturated rings. The van der Waals surface area contributed by atoms with Gasteiger partial charge in [-0.05, 0) is 88.6 Å². The van der Waals surface area contributed by atoms with Gasteiger partial charge in [0.15, 0.2) is 0 Å². The zero-order valence-electron chi connectivity index (χ0n) is 25.5. The Morgan fingerprint density at radius 2 is 1.81 bits per heavy atom. The summed E-state index contributed by atoms with van der Waals surface area (Å²) in [6, 6.07) is 10.5. The van der Waals surface area contributed by atoms with Crippen LogP contribution in [-0.4, -0.2) is 55.5 Å². The van der Waals surface area contributed by atoms with Crippen molar-refractivity contribution in [3.63, 3.8) is 0 Å². The number of alkyl carbamates (subject to hydrolysis) is 1. The molecule has 2 atom stereocenters. The summed E-state index contributed by atoms with van der Waals surface area (Å²) in [4.78, 5) is 30.3. The zero-order chi connectivity index (χ0) is 30.7. The number of amides is 2. The lowest BCUT2D eigenvalue weighted by molar-refractivity contribution is -0.124. The molecule has 0 unspecified atom stereocenters. The topological polar surface area (TPSA) is 120 Å². The minimum atomic E-state index is -0.756. The molecule has 1 aliphatic carbocycles. The van der Waals surface area contributed by atoms with Gasteiger partial charge in [-0.1, -0.05) is 31.5 Å². The third-order valence-electron chi connectivity index (χ3n) is 7.87. The van der Waals surface area contributed by atoms with Gasteiger partial charge in [-0.15, -0.1) is 10.2 Å². The molecule has 2 aliphatic rings. The van der Waals surface area contributed by atoms with Gasteiger partial charge < -0.3 is 20.1 Å². The molecule has 43 heavy (non-hydrogen) atoms. The molecule has 0 bridgehead atoms. The number of carbonyl (C=O) groups excluding carboxylic acids is 2. The highest BCUT2D eigenvalue weighted by atomic mass is 35.5. The van der Waals surface area contributed by atoms with Gasteiger partial charge in [0.25, 0.3) is 0 Å². The second-order valence-electron chi connectivity index (χ2n) is 12.8. The number of nitrogens with zero attached hydrogens (tertiary/aromatic N) is 4. The monoisotopic (exact) mass is 608 g/mol. The van der Waals surface area contributed by atoms with Gasteiger partial charge in [-0.25, -0.2) is 9.78 Å². The second-order valence-corrected chi connectivity index (χ2v) is 13.3. The number of benzene rings is 1. The van der Waals surface area contributed by atoms with Crippen LogP contribution in [-0.2, 0) is 22.4 Å². The Balaban J connectivity index is 1.33. The summed E-state index contributed by atoms with van der Waals surface area (Å²) in [7, 11) is 0. The molecule has 1 aromatic carbocycles. The Morgan fingerprint density at radius 3 is 2.49 bits per heavy atom. The number of hydrogen-bond donors (Lipinski definition) is 2. The largest absolute Gasteiger partial charge is 0.474 e. The molecular formula is C32H41ClN6O4. The molecule has 3 aromatic rings. The van der Waals surface area contributed by atoms with E-state index in [1.54, 1.807) is 27.0 Å². The van der Waals surface area contributed by atoms with Crippen LogP contribution in [0, 0.1) is 5.92 Å². The molecular weight excluding hydrogens is 568 g/mol. The van der Waals surface area contributed by atoms with Crippen molar-refractivity contribution in [1.29, 1.82) is 0 Å². The first-order chi connectivity index (χ1) is 20.5. The maximum absolute atomic E-state index is 13.5. The Hall–Kier alpha value is -3.66. The van der Waals surface area contributed by atoms with Crippen LogP contribution >= 0.6 is 11.6 Å². The predicted octanol–water partition coefficient (Wildman–Crippen LogP) is 5.55. The number of halogens is 1. The van der Waals surface area contributed by atoms with Gasteiger partial charge in [-0.3, -0.25) is 9.36 Å². The molecule has 11 heteroatoms. The van der Waals surface area contributed by atoms with Crippen LogP contribution < -0.4 is 15.4 Å². The van der Waals surface area contributed by atoms with Crippen molar-refractivity contribution < 1.29 is 19.1 Å². The smallest absolute Gasteiger partial charge is 0.408 e. The van der Waals surface area contributed by atoms with Crippen LogP contribution in [0.2, 0.25) is 5.02 Å². The fraction of sp³-hybridized carbons (Fsp3) is 0.531. The van der Waals surface area contributed by atoms with Crippen LogP contribution in [0.3, 0.4) is 0 Å². The number of pyridine rings is 1. The maximum atomic E-state index is 13.5. The van der Waals surface area contributed by atoms with Crippen LogP contribution in [0.15, 0.2) is 42.6 Å². The molecule has 230 valence electrons. The third kappa shape index (κ3) is 7.65. The first kappa shape index (κ1) is 30.8. The van der Waals surface area contributed by atoms with E-state index in [2.05, 4.69) is 30.4 Å². The van der Waals surface area contributed by atoms with Gasteiger partial charge in [0.05, 0.1) is 5.69 Å². The van der Waals surface area contributed by atoms with E-state index >= 15 is 0 Å². The minimum absolute atomic E-state index is 0.117. The van der Waals surface area contributed by atoms with Crippen molar-refractivity contribution in [2.24, 2.45) is 5.92 Å². The number of rotatable bonds is 7. The summed E-state index contributed by atoms with van der Waals surface area (Å²) in [5.41, 5.74) is 1.32. The van der Waals surface area contributed by atoms with Crippen molar-refractivity contribution in [1.82, 2.24) is 30.4 Å². The lowest BCUT2D eigenvalue weighted by Crippen LogP contribution is -2.53. The standard InChI is InChI=1S/C32H41ClN6O4/c1-19(2)28(36-31(41)43-32(3,4)5)30(40)35-23-17-21-16-22(33)11-14-25(21)39-26(18-23)37-38-29(39)20-9-12-24(13-10-20)42-27-8-6-7-15-34-27/h6-8,11,14-16,19-20,23-24,28H,9-10,12-13,17-18H2,1-5H3,(H,35,40)(H,36,41)/t20-,23-,24-,28-/m1/s1. The molecule has 1 aliphatic heterocycles. The van der Waals surface area contributed by atoms with Crippen molar-refractivity contribution in [3.05, 3.63) is 64.8 Å². The molecule has 0 spiro atoms. The van der Waals surface area contributed by atoms with E-state index in [9.17, 15) is 9.59 Å². The molecule has 5 rings (SSSR count). The van der Waals surface area contributed by atoms with Gasteiger partial charge >= 0.3 is 6.09 Å². The summed E-state index contributed by atoms with van der Waals surface area (Å²) in [5.74, 6) is 2.17. The Morgan fingerprint density at radius 1 is 1.05 bits per heavy atom. The van der Waals surface area contributed by atoms with E-state index in [4.69, 9.17) is 21.1 Å². The summed E-state index contributed by atoms with van der Waals surface area (Å²) < 4.78 is 13.7. The average Bonchev–Trinajstić information content (AvgIpc) is 3.28. The quantitative estimate of drug-likeness (QED) is 0.361. The van der Waals surface area contributed by atoms with E-state index in [1.165, 1.54) is 0 Å². The van der Waals surface area contributed by atoms with Crippen molar-refractivity contribution in [3.8, 4) is 11.6 Å². The predicted molar refractivity (Wildman–Crippen MR) is 164 cm³/mol. The number of aromatic nitrogens is 4. The summed E-state index contributed by atoms with van der Waals surface area (Å²) in [6.07, 6.45) is 5.93. The Labute approximate surface area is 257 Å². The first-order valence-electron chi connectivity index (χ1n) is 15.1. The van der Waals surface area contributed by atoms with E-state index in [0.717, 1.165) is 48.6 Å². The SMILES string of the molecule is CC(C)[C@@H](NC(=O)OC(C)(C)C)C(=O)N[C@@H]1Cc2cc(Cl)ccc2-n2c(nnc2[C@H]2CC[C@H](Oc3ccccn3)CC2)C1. The summed E-state index contributed by atoms with van der Waals surface area (Å²) in [6.45, 7) is 9.15. The number of nitrogens with one attached hydrogen (secondary N) is 2. The molecule has 0 radical (unpaired) electrons. The van der Waals surface area contributed by atoms with Crippen molar-refractivity contribution >= 4 is 23.6 Å². The van der Waals surface area contributed by atoms with Crippen LogP contribution in [0.4, 0.5) is 4.79 Å². The normalized spacial score (nSPS) is 20.8. The number of ether oxygens (including phenoxy) is 2. The Kier molecular flexibility index (Phi) is 9.25. The van der Waals surface area contributed by atoms with Crippen LogP contribution in [0.1, 0.15) is 83.4 Å². The third-order valence-corrected chi connectivity index (χ3v) is 8.10. The molecule has 1 saturated carbocycles. The fourth-order valence-electron chi connectivity index (χ4n) is 5.87. The van der Waals surface area contributed by atoms with E-state index < -0.39 is 17.7 Å². The van der Waals surface area contributed by atoms with Crippen molar-refractivity contribution in [2.45, 2.75) is 103 Å². The van der Waals surface area contributed by atoms with E-state index in [0.29, 0.717) is 23.7 Å². The first-order valence-corrected chi connectivity index (χ1v) is 15.4. The summed E-state index contributed by atoms with van der Waals surface area (Å²) >= 11 is 6.45. The maximum Gasteiger partial charge on any atom is 0.408 e. The molecule has 10 nitrogen and oxygen atoms in total. The lowest BCUT2D eigenvalue weighted by atomic mass is 9.86. The van der Waals surface area contributed by atoms with Crippen molar-refractivity contribution in [2.75, 3.05) is 0 Å². The van der Waals surface area contributed by atoms with Crippen LogP contribution in [0.5, 0.6) is 5.88 Å². The highest BCUT2D eigenvalue weighted by molar-refractivity contribution is 6.30. The minimum Gasteiger partial charge on any atom is -0.474 e. The molecule has 3 heterocycles. The highest BCUT2D eigenvalue weighted by Gasteiger charge is 2.34. The van der Waals surface area contributed by atoms with Gasteiger partial charge in [0, 0.05) is 35.7 Å². The highest BCUT2D eigenvalue weighted by Crippen LogP contribution is 2.37. The number of carbonyl (C=O) groups is 2. The van der Waals surface area contributed by atoms with E-state index in [1.807, 2.05) is 50.2 Å². The van der Waals surface area contributed by atoms with Gasteiger partial charge in [-0.2, -0.15) is 0 Å². The molecule has 2 amide bonds. The summed E-state index contributed by atoms with van der Waals surface area (Å²) in [5, 5.41) is 15.9. The van der Waals surface area contributed by atoms with Gasteiger partial charge in [0.1, 0.15) is 29.4 Å². The number of fused-ring (bicyclic) bond motifs is 3. The van der Waals surface area contributed by atoms with E-state index in [-0.39, 0.29) is 29.9 Å². The second kappa shape index (κ2) is 12.9. The van der Waals surface area contributed by atoms with Gasteiger partial charge in [0.2, 0.25) is 11.8 Å². The molecule has 2 aromatic heterocycles.